The zero-order valence-electron chi connectivity index (χ0n) is 10.7. The first-order valence-corrected chi connectivity index (χ1v) is 7.24. The molecule has 1 fully saturated rings. The molecule has 1 aliphatic rings. The molecule has 0 aromatic rings. The Morgan fingerprint density at radius 2 is 2.12 bits per heavy atom. The van der Waals surface area contributed by atoms with E-state index < -0.39 is 0 Å². The summed E-state index contributed by atoms with van der Waals surface area (Å²) in [6.07, 6.45) is 5.91. The maximum Gasteiger partial charge on any atom is 0.309 e. The van der Waals surface area contributed by atoms with Crippen molar-refractivity contribution < 1.29 is 9.53 Å². The topological polar surface area (TPSA) is 38.3 Å². The Morgan fingerprint density at radius 1 is 1.44 bits per heavy atom. The molecule has 3 nitrogen and oxygen atoms in total. The predicted octanol–water partition coefficient (Wildman–Crippen LogP) is 2.06. The third-order valence-corrected chi connectivity index (χ3v) is 4.63. The van der Waals surface area contributed by atoms with E-state index in [2.05, 4.69) is 18.5 Å². The maximum atomic E-state index is 11.4. The van der Waals surface area contributed by atoms with Crippen molar-refractivity contribution in [3.05, 3.63) is 0 Å². The highest BCUT2D eigenvalue weighted by atomic mass is 32.2. The second-order valence-corrected chi connectivity index (χ2v) is 5.77. The molecule has 0 heterocycles. The Kier molecular flexibility index (Phi) is 5.62. The van der Waals surface area contributed by atoms with Gasteiger partial charge in [0.2, 0.25) is 0 Å². The summed E-state index contributed by atoms with van der Waals surface area (Å²) >= 11 is 1.95. The van der Waals surface area contributed by atoms with Crippen molar-refractivity contribution in [2.45, 2.75) is 50.4 Å². The molecular formula is C12H23NO2S. The molecule has 0 bridgehead atoms. The van der Waals surface area contributed by atoms with E-state index in [-0.39, 0.29) is 17.9 Å². The third kappa shape index (κ3) is 3.67. The van der Waals surface area contributed by atoms with Crippen LogP contribution in [0.2, 0.25) is 0 Å². The zero-order valence-corrected chi connectivity index (χ0v) is 11.5. The molecule has 0 aliphatic heterocycles. The van der Waals surface area contributed by atoms with Gasteiger partial charge in [-0.1, -0.05) is 6.92 Å². The number of methoxy groups -OCH3 is 1. The Hall–Kier alpha value is -0.220. The van der Waals surface area contributed by atoms with Gasteiger partial charge in [0.05, 0.1) is 13.0 Å². The molecule has 1 rings (SSSR count). The fourth-order valence-electron chi connectivity index (χ4n) is 2.21. The quantitative estimate of drug-likeness (QED) is 0.752. The van der Waals surface area contributed by atoms with Crippen LogP contribution in [0.25, 0.3) is 0 Å². The van der Waals surface area contributed by atoms with Gasteiger partial charge in [-0.25, -0.2) is 0 Å². The summed E-state index contributed by atoms with van der Waals surface area (Å²) in [5.74, 6) is -0.197. The van der Waals surface area contributed by atoms with E-state index in [1.807, 2.05) is 18.7 Å². The van der Waals surface area contributed by atoms with Crippen molar-refractivity contribution in [3.8, 4) is 0 Å². The molecule has 1 N–H and O–H groups in total. The molecule has 0 aromatic carbocycles. The van der Waals surface area contributed by atoms with Crippen LogP contribution in [0.4, 0.5) is 0 Å². The zero-order chi connectivity index (χ0) is 12.1. The van der Waals surface area contributed by atoms with Gasteiger partial charge in [-0.15, -0.1) is 0 Å². The van der Waals surface area contributed by atoms with E-state index in [0.717, 1.165) is 5.25 Å². The van der Waals surface area contributed by atoms with E-state index in [1.54, 1.807) is 0 Å². The number of ether oxygens (including phenoxy) is 1. The summed E-state index contributed by atoms with van der Waals surface area (Å²) < 4.78 is 4.76. The summed E-state index contributed by atoms with van der Waals surface area (Å²) in [6.45, 7) is 3.98. The van der Waals surface area contributed by atoms with E-state index in [4.69, 9.17) is 4.74 Å². The van der Waals surface area contributed by atoms with Gasteiger partial charge in [0, 0.05) is 17.3 Å². The molecule has 0 saturated heterocycles. The van der Waals surface area contributed by atoms with Crippen molar-refractivity contribution in [1.82, 2.24) is 5.32 Å². The number of rotatable bonds is 5. The first-order chi connectivity index (χ1) is 7.58. The monoisotopic (exact) mass is 245 g/mol. The molecule has 4 heteroatoms. The summed E-state index contributed by atoms with van der Waals surface area (Å²) in [5, 5.41) is 4.33. The van der Waals surface area contributed by atoms with E-state index in [0.29, 0.717) is 6.04 Å². The average Bonchev–Trinajstić information content (AvgIpc) is 2.74. The number of carbonyl (C=O) groups excluding carboxylic acids is 1. The fraction of sp³-hybridized carbons (Fsp3) is 0.917. The number of hydrogen-bond donors (Lipinski definition) is 1. The Bertz CT molecular complexity index is 235. The molecule has 0 radical (unpaired) electrons. The van der Waals surface area contributed by atoms with Gasteiger partial charge in [0.1, 0.15) is 0 Å². The normalized spacial score (nSPS) is 28.8. The number of thioether (sulfide) groups is 1. The SMILES string of the molecule is COC(=O)C(C)C(C)NC1CCC(SC)C1. The largest absolute Gasteiger partial charge is 0.469 e. The molecule has 1 aliphatic carbocycles. The van der Waals surface area contributed by atoms with Crippen molar-refractivity contribution in [2.24, 2.45) is 5.92 Å². The van der Waals surface area contributed by atoms with Crippen LogP contribution >= 0.6 is 11.8 Å². The van der Waals surface area contributed by atoms with Crippen LogP contribution in [0.5, 0.6) is 0 Å². The van der Waals surface area contributed by atoms with Crippen LogP contribution in [-0.4, -0.2) is 36.7 Å². The summed E-state index contributed by atoms with van der Waals surface area (Å²) in [7, 11) is 1.45. The minimum absolute atomic E-state index is 0.0710. The highest BCUT2D eigenvalue weighted by Gasteiger charge is 2.28. The molecule has 94 valence electrons. The minimum atomic E-state index is -0.126. The van der Waals surface area contributed by atoms with Crippen molar-refractivity contribution >= 4 is 17.7 Å². The Morgan fingerprint density at radius 3 is 2.62 bits per heavy atom. The molecule has 0 aromatic heterocycles. The third-order valence-electron chi connectivity index (χ3n) is 3.54. The second kappa shape index (κ2) is 6.50. The number of hydrogen-bond acceptors (Lipinski definition) is 4. The predicted molar refractivity (Wildman–Crippen MR) is 68.7 cm³/mol. The van der Waals surface area contributed by atoms with Gasteiger partial charge in [0.25, 0.3) is 0 Å². The van der Waals surface area contributed by atoms with Gasteiger partial charge in [-0.05, 0) is 32.4 Å². The number of esters is 1. The molecule has 4 atom stereocenters. The van der Waals surface area contributed by atoms with Crippen LogP contribution in [0, 0.1) is 5.92 Å². The van der Waals surface area contributed by atoms with Crippen molar-refractivity contribution in [2.75, 3.05) is 13.4 Å². The van der Waals surface area contributed by atoms with Gasteiger partial charge < -0.3 is 10.1 Å². The number of nitrogens with one attached hydrogen (secondary N) is 1. The standard InChI is InChI=1S/C12H23NO2S/c1-8(12(14)15-3)9(2)13-10-5-6-11(7-10)16-4/h8-11,13H,5-7H2,1-4H3. The number of carbonyl (C=O) groups is 1. The lowest BCUT2D eigenvalue weighted by Crippen LogP contribution is -2.42. The molecular weight excluding hydrogens is 222 g/mol. The lowest BCUT2D eigenvalue weighted by molar-refractivity contribution is -0.145. The van der Waals surface area contributed by atoms with Gasteiger partial charge >= 0.3 is 5.97 Å². The Labute approximate surface area is 103 Å². The molecule has 0 amide bonds. The first kappa shape index (κ1) is 13.8. The molecule has 4 unspecified atom stereocenters. The van der Waals surface area contributed by atoms with Crippen LogP contribution in [0.3, 0.4) is 0 Å². The van der Waals surface area contributed by atoms with Gasteiger partial charge in [-0.2, -0.15) is 11.8 Å². The molecule has 1 saturated carbocycles. The van der Waals surface area contributed by atoms with E-state index in [9.17, 15) is 4.79 Å². The lowest BCUT2D eigenvalue weighted by atomic mass is 10.0. The molecule has 0 spiro atoms. The lowest BCUT2D eigenvalue weighted by Gasteiger charge is -2.23. The fourth-order valence-corrected chi connectivity index (χ4v) is 3.01. The molecule has 16 heavy (non-hydrogen) atoms. The van der Waals surface area contributed by atoms with Crippen LogP contribution in [0.1, 0.15) is 33.1 Å². The van der Waals surface area contributed by atoms with E-state index >= 15 is 0 Å². The van der Waals surface area contributed by atoms with E-state index in [1.165, 1.54) is 26.4 Å². The van der Waals surface area contributed by atoms with Gasteiger partial charge in [-0.3, -0.25) is 4.79 Å². The maximum absolute atomic E-state index is 11.4. The van der Waals surface area contributed by atoms with Crippen molar-refractivity contribution in [1.29, 1.82) is 0 Å². The smallest absolute Gasteiger partial charge is 0.309 e. The van der Waals surface area contributed by atoms with Crippen LogP contribution in [-0.2, 0) is 9.53 Å². The minimum Gasteiger partial charge on any atom is -0.469 e. The summed E-state index contributed by atoms with van der Waals surface area (Å²) in [4.78, 5) is 11.4. The first-order valence-electron chi connectivity index (χ1n) is 5.95. The Balaban J connectivity index is 2.34. The van der Waals surface area contributed by atoms with Crippen LogP contribution < -0.4 is 5.32 Å². The summed E-state index contributed by atoms with van der Waals surface area (Å²) in [6, 6.07) is 0.762. The summed E-state index contributed by atoms with van der Waals surface area (Å²) in [5.41, 5.74) is 0. The van der Waals surface area contributed by atoms with Crippen molar-refractivity contribution in [3.63, 3.8) is 0 Å². The van der Waals surface area contributed by atoms with Crippen LogP contribution in [0.15, 0.2) is 0 Å². The van der Waals surface area contributed by atoms with Gasteiger partial charge in [0.15, 0.2) is 0 Å². The highest BCUT2D eigenvalue weighted by molar-refractivity contribution is 7.99. The highest BCUT2D eigenvalue weighted by Crippen LogP contribution is 2.28. The average molecular weight is 245 g/mol. The second-order valence-electron chi connectivity index (χ2n) is 4.63.